The molecular weight excluding hydrogens is 346 g/mol. The third-order valence-electron chi connectivity index (χ3n) is 3.89. The van der Waals surface area contributed by atoms with Gasteiger partial charge in [-0.25, -0.2) is 0 Å². The molecule has 0 amide bonds. The van der Waals surface area contributed by atoms with E-state index in [2.05, 4.69) is 0 Å². The minimum Gasteiger partial charge on any atom is -0.294 e. The molecule has 134 valence electrons. The summed E-state index contributed by atoms with van der Waals surface area (Å²) < 4.78 is 77.3. The Morgan fingerprint density at radius 2 is 1.28 bits per heavy atom. The number of alkyl halides is 6. The molecule has 0 aliphatic carbocycles. The topological polar surface area (TPSA) is 17.1 Å². The Morgan fingerprint density at radius 1 is 0.840 bits per heavy atom. The largest absolute Gasteiger partial charge is 0.416 e. The molecule has 0 saturated carbocycles. The van der Waals surface area contributed by atoms with Crippen molar-refractivity contribution >= 4 is 5.78 Å². The fraction of sp³-hybridized carbons (Fsp3) is 0.278. The molecule has 0 fully saturated rings. The molecule has 1 nitrogen and oxygen atoms in total. The van der Waals surface area contributed by atoms with Crippen LogP contribution in [0.25, 0.3) is 0 Å². The van der Waals surface area contributed by atoms with Gasteiger partial charge < -0.3 is 0 Å². The van der Waals surface area contributed by atoms with Gasteiger partial charge in [-0.1, -0.05) is 18.2 Å². The Labute approximate surface area is 140 Å². The number of benzene rings is 2. The van der Waals surface area contributed by atoms with E-state index in [0.717, 1.165) is 11.1 Å². The third kappa shape index (κ3) is 4.41. The number of rotatable bonds is 3. The van der Waals surface area contributed by atoms with E-state index in [1.54, 1.807) is 32.0 Å². The molecule has 0 unspecified atom stereocenters. The zero-order valence-electron chi connectivity index (χ0n) is 13.3. The van der Waals surface area contributed by atoms with Gasteiger partial charge in [0, 0.05) is 12.0 Å². The van der Waals surface area contributed by atoms with Crippen LogP contribution < -0.4 is 0 Å². The van der Waals surface area contributed by atoms with E-state index in [4.69, 9.17) is 0 Å². The van der Waals surface area contributed by atoms with Gasteiger partial charge in [0.25, 0.3) is 0 Å². The maximum atomic E-state index is 12.9. The van der Waals surface area contributed by atoms with Gasteiger partial charge in [-0.2, -0.15) is 26.3 Å². The summed E-state index contributed by atoms with van der Waals surface area (Å²) in [7, 11) is 0. The molecule has 0 heterocycles. The number of hydrogen-bond acceptors (Lipinski definition) is 1. The van der Waals surface area contributed by atoms with Crippen LogP contribution in [0.1, 0.15) is 38.2 Å². The molecule has 0 radical (unpaired) electrons. The summed E-state index contributed by atoms with van der Waals surface area (Å²) >= 11 is 0. The lowest BCUT2D eigenvalue weighted by atomic mass is 9.94. The molecule has 2 rings (SSSR count). The van der Waals surface area contributed by atoms with Crippen molar-refractivity contribution in [1.29, 1.82) is 0 Å². The van der Waals surface area contributed by atoms with Crippen LogP contribution in [0.3, 0.4) is 0 Å². The van der Waals surface area contributed by atoms with Crippen molar-refractivity contribution in [2.24, 2.45) is 0 Å². The summed E-state index contributed by atoms with van der Waals surface area (Å²) in [6.45, 7) is 3.45. The van der Waals surface area contributed by atoms with Gasteiger partial charge in [-0.3, -0.25) is 4.79 Å². The summed E-state index contributed by atoms with van der Waals surface area (Å²) in [5, 5.41) is 0. The highest BCUT2D eigenvalue weighted by molar-refractivity contribution is 5.98. The molecule has 25 heavy (non-hydrogen) atoms. The number of halogens is 6. The van der Waals surface area contributed by atoms with Crippen molar-refractivity contribution in [2.75, 3.05) is 0 Å². The Kier molecular flexibility index (Phi) is 4.97. The van der Waals surface area contributed by atoms with Crippen LogP contribution in [0.5, 0.6) is 0 Å². The fourth-order valence-electron chi connectivity index (χ4n) is 2.51. The molecule has 0 aliphatic heterocycles. The first kappa shape index (κ1) is 19.0. The van der Waals surface area contributed by atoms with Gasteiger partial charge in [0.15, 0.2) is 5.78 Å². The number of Topliss-reactive ketones (excluding diaryl/α,β-unsaturated/α-hetero) is 1. The lowest BCUT2D eigenvalue weighted by Crippen LogP contribution is -2.14. The van der Waals surface area contributed by atoms with Gasteiger partial charge in [0.05, 0.1) is 11.1 Å². The van der Waals surface area contributed by atoms with Crippen molar-refractivity contribution < 1.29 is 31.1 Å². The van der Waals surface area contributed by atoms with E-state index < -0.39 is 34.8 Å². The first-order chi connectivity index (χ1) is 11.4. The molecule has 0 atom stereocenters. The fourth-order valence-corrected chi connectivity index (χ4v) is 2.51. The molecule has 0 spiro atoms. The normalized spacial score (nSPS) is 12.3. The molecule has 7 heteroatoms. The van der Waals surface area contributed by atoms with Gasteiger partial charge in [0.2, 0.25) is 0 Å². The number of aryl methyl sites for hydroxylation is 2. The number of ketones is 1. The second-order valence-corrected chi connectivity index (χ2v) is 5.76. The molecule has 0 aliphatic rings. The van der Waals surface area contributed by atoms with Crippen LogP contribution >= 0.6 is 0 Å². The van der Waals surface area contributed by atoms with Gasteiger partial charge in [-0.05, 0) is 48.7 Å². The quantitative estimate of drug-likeness (QED) is 0.502. The molecule has 0 bridgehead atoms. The predicted octanol–water partition coefficient (Wildman–Crippen LogP) is 5.77. The summed E-state index contributed by atoms with van der Waals surface area (Å²) in [6, 6.07) is 6.14. The Bertz CT molecular complexity index is 750. The van der Waals surface area contributed by atoms with E-state index >= 15 is 0 Å². The monoisotopic (exact) mass is 360 g/mol. The SMILES string of the molecule is Cc1cccc(C)c1CC(=O)c1cc(C(F)(F)F)cc(C(F)(F)F)c1. The lowest BCUT2D eigenvalue weighted by Gasteiger charge is -2.14. The zero-order valence-corrected chi connectivity index (χ0v) is 13.3. The highest BCUT2D eigenvalue weighted by Gasteiger charge is 2.37. The second-order valence-electron chi connectivity index (χ2n) is 5.76. The van der Waals surface area contributed by atoms with Crippen molar-refractivity contribution in [3.05, 3.63) is 69.8 Å². The Balaban J connectivity index is 2.49. The van der Waals surface area contributed by atoms with Crippen LogP contribution in [0, 0.1) is 13.8 Å². The predicted molar refractivity (Wildman–Crippen MR) is 80.4 cm³/mol. The van der Waals surface area contributed by atoms with E-state index in [1.165, 1.54) is 0 Å². The summed E-state index contributed by atoms with van der Waals surface area (Å²) in [4.78, 5) is 12.3. The van der Waals surface area contributed by atoms with Crippen molar-refractivity contribution in [3.63, 3.8) is 0 Å². The van der Waals surface area contributed by atoms with Crippen LogP contribution in [-0.4, -0.2) is 5.78 Å². The molecule has 0 aromatic heterocycles. The lowest BCUT2D eigenvalue weighted by molar-refractivity contribution is -0.143. The summed E-state index contributed by atoms with van der Waals surface area (Å²) in [5.41, 5.74) is -1.50. The highest BCUT2D eigenvalue weighted by Crippen LogP contribution is 2.36. The molecule has 2 aromatic carbocycles. The number of carbonyl (C=O) groups excluding carboxylic acids is 1. The zero-order chi connectivity index (χ0) is 19.0. The first-order valence-corrected chi connectivity index (χ1v) is 7.27. The number of carbonyl (C=O) groups is 1. The van der Waals surface area contributed by atoms with Crippen molar-refractivity contribution in [1.82, 2.24) is 0 Å². The van der Waals surface area contributed by atoms with E-state index in [0.29, 0.717) is 17.7 Å². The van der Waals surface area contributed by atoms with Crippen LogP contribution in [0.2, 0.25) is 0 Å². The smallest absolute Gasteiger partial charge is 0.294 e. The minimum atomic E-state index is -4.98. The van der Waals surface area contributed by atoms with Gasteiger partial charge in [0.1, 0.15) is 0 Å². The Morgan fingerprint density at radius 3 is 1.68 bits per heavy atom. The average molecular weight is 360 g/mol. The molecular formula is C18H14F6O. The Hall–Kier alpha value is -2.31. The maximum Gasteiger partial charge on any atom is 0.416 e. The van der Waals surface area contributed by atoms with Crippen LogP contribution in [0.4, 0.5) is 26.3 Å². The minimum absolute atomic E-state index is 0.00972. The van der Waals surface area contributed by atoms with Gasteiger partial charge >= 0.3 is 12.4 Å². The molecule has 0 saturated heterocycles. The highest BCUT2D eigenvalue weighted by atomic mass is 19.4. The first-order valence-electron chi connectivity index (χ1n) is 7.27. The average Bonchev–Trinajstić information content (AvgIpc) is 2.48. The maximum absolute atomic E-state index is 12.9. The van der Waals surface area contributed by atoms with Crippen molar-refractivity contribution in [3.8, 4) is 0 Å². The summed E-state index contributed by atoms with van der Waals surface area (Å²) in [6.07, 6.45) is -10.2. The second kappa shape index (κ2) is 6.54. The van der Waals surface area contributed by atoms with E-state index in [9.17, 15) is 31.1 Å². The van der Waals surface area contributed by atoms with E-state index in [1.807, 2.05) is 0 Å². The van der Waals surface area contributed by atoms with Gasteiger partial charge in [-0.15, -0.1) is 0 Å². The standard InChI is InChI=1S/C18H14F6O/c1-10-4-3-5-11(2)15(10)9-16(25)12-6-13(17(19,20)21)8-14(7-12)18(22,23)24/h3-8H,9H2,1-2H3. The molecule has 2 aromatic rings. The third-order valence-corrected chi connectivity index (χ3v) is 3.89. The summed E-state index contributed by atoms with van der Waals surface area (Å²) in [5.74, 6) is -0.797. The number of hydrogen-bond donors (Lipinski definition) is 0. The van der Waals surface area contributed by atoms with Crippen molar-refractivity contribution in [2.45, 2.75) is 32.6 Å². The van der Waals surface area contributed by atoms with Crippen LogP contribution in [0.15, 0.2) is 36.4 Å². The van der Waals surface area contributed by atoms with E-state index in [-0.39, 0.29) is 12.5 Å². The molecule has 0 N–H and O–H groups in total. The van der Waals surface area contributed by atoms with Crippen LogP contribution in [-0.2, 0) is 18.8 Å².